The predicted molar refractivity (Wildman–Crippen MR) is 133 cm³/mol. The largest absolute Gasteiger partial charge is 0.478 e. The number of aromatic nitrogens is 2. The average Bonchev–Trinajstić information content (AvgIpc) is 3.42. The number of allylic oxidation sites excluding steroid dienone is 1. The maximum atomic E-state index is 14.4. The Morgan fingerprint density at radius 1 is 1.18 bits per heavy atom. The standard InChI is InChI=1S/C27H19F4N3O3S/c28-18-7-14(24(35)36)8-19-22(18)32-25(38-19)34-11-26(12-34)9-15(10-26)20-21(33-37-23(20)13-5-6-13)16-3-1-2-4-17(16)27(29,30)31/h1-4,7-9,13H,5-6,10-12H2,(H,35,36). The highest BCUT2D eigenvalue weighted by atomic mass is 32.1. The lowest BCUT2D eigenvalue weighted by molar-refractivity contribution is -0.137. The van der Waals surface area contributed by atoms with Gasteiger partial charge in [-0.2, -0.15) is 13.2 Å². The maximum absolute atomic E-state index is 14.4. The molecule has 7 rings (SSSR count). The number of hydrogen-bond acceptors (Lipinski definition) is 6. The number of aromatic carboxylic acids is 1. The molecule has 0 unspecified atom stereocenters. The molecule has 6 nitrogen and oxygen atoms in total. The molecule has 1 aliphatic heterocycles. The van der Waals surface area contributed by atoms with Gasteiger partial charge in [-0.05, 0) is 43.0 Å². The van der Waals surface area contributed by atoms with Crippen LogP contribution in [0.3, 0.4) is 0 Å². The average molecular weight is 542 g/mol. The van der Waals surface area contributed by atoms with Crippen LogP contribution in [0.15, 0.2) is 47.0 Å². The second-order valence-corrected chi connectivity index (χ2v) is 11.3. The van der Waals surface area contributed by atoms with E-state index in [0.29, 0.717) is 40.7 Å². The Kier molecular flexibility index (Phi) is 4.86. The summed E-state index contributed by atoms with van der Waals surface area (Å²) in [5.74, 6) is -1.04. The van der Waals surface area contributed by atoms with Crippen LogP contribution >= 0.6 is 11.3 Å². The molecular weight excluding hydrogens is 522 g/mol. The first-order valence-electron chi connectivity index (χ1n) is 12.1. The third-order valence-corrected chi connectivity index (χ3v) is 8.53. The van der Waals surface area contributed by atoms with Crippen molar-refractivity contribution in [2.75, 3.05) is 18.0 Å². The van der Waals surface area contributed by atoms with E-state index in [-0.39, 0.29) is 33.7 Å². The summed E-state index contributed by atoms with van der Waals surface area (Å²) in [7, 11) is 0. The summed E-state index contributed by atoms with van der Waals surface area (Å²) in [5.41, 5.74) is 0.977. The Balaban J connectivity index is 1.18. The normalized spacial score (nSPS) is 18.4. The monoisotopic (exact) mass is 541 g/mol. The molecule has 2 fully saturated rings. The van der Waals surface area contributed by atoms with Crippen molar-refractivity contribution in [3.63, 3.8) is 0 Å². The summed E-state index contributed by atoms with van der Waals surface area (Å²) in [5, 5.41) is 13.9. The van der Waals surface area contributed by atoms with Crippen molar-refractivity contribution < 1.29 is 32.0 Å². The van der Waals surface area contributed by atoms with Gasteiger partial charge in [0, 0.05) is 35.5 Å². The van der Waals surface area contributed by atoms with Crippen LogP contribution in [0, 0.1) is 11.2 Å². The number of carboxylic acid groups (broad SMARTS) is 1. The van der Waals surface area contributed by atoms with Gasteiger partial charge in [-0.15, -0.1) is 0 Å². The molecule has 2 aromatic heterocycles. The first-order chi connectivity index (χ1) is 18.1. The minimum Gasteiger partial charge on any atom is -0.478 e. The smallest absolute Gasteiger partial charge is 0.417 e. The molecule has 194 valence electrons. The number of nitrogens with zero attached hydrogens (tertiary/aromatic N) is 3. The van der Waals surface area contributed by atoms with Crippen molar-refractivity contribution in [2.45, 2.75) is 31.4 Å². The van der Waals surface area contributed by atoms with Crippen LogP contribution in [0.5, 0.6) is 0 Å². The number of benzene rings is 2. The van der Waals surface area contributed by atoms with Crippen LogP contribution in [0.1, 0.15) is 52.4 Å². The zero-order valence-corrected chi connectivity index (χ0v) is 20.5. The van der Waals surface area contributed by atoms with Crippen molar-refractivity contribution in [3.05, 3.63) is 70.7 Å². The van der Waals surface area contributed by atoms with Crippen molar-refractivity contribution in [1.29, 1.82) is 0 Å². The maximum Gasteiger partial charge on any atom is 0.417 e. The van der Waals surface area contributed by atoms with Crippen LogP contribution in [0.4, 0.5) is 22.7 Å². The van der Waals surface area contributed by atoms with E-state index in [2.05, 4.69) is 16.2 Å². The van der Waals surface area contributed by atoms with Crippen molar-refractivity contribution in [2.24, 2.45) is 5.41 Å². The minimum atomic E-state index is -4.52. The fourth-order valence-corrected chi connectivity index (χ4v) is 6.54. The van der Waals surface area contributed by atoms with Gasteiger partial charge in [0.15, 0.2) is 10.9 Å². The number of carbonyl (C=O) groups is 1. The first-order valence-corrected chi connectivity index (χ1v) is 12.9. The number of hydrogen-bond donors (Lipinski definition) is 1. The third kappa shape index (κ3) is 3.63. The highest BCUT2D eigenvalue weighted by molar-refractivity contribution is 7.22. The Morgan fingerprint density at radius 2 is 1.92 bits per heavy atom. The van der Waals surface area contributed by atoms with Gasteiger partial charge in [-0.1, -0.05) is 40.8 Å². The Hall–Kier alpha value is -3.73. The Bertz CT molecular complexity index is 1660. The number of alkyl halides is 3. The molecule has 3 aliphatic rings. The Morgan fingerprint density at radius 3 is 2.61 bits per heavy atom. The molecule has 3 heterocycles. The molecule has 38 heavy (non-hydrogen) atoms. The molecule has 11 heteroatoms. The third-order valence-electron chi connectivity index (χ3n) is 7.46. The zero-order chi connectivity index (χ0) is 26.4. The number of thiazole rings is 1. The number of rotatable bonds is 5. The SMILES string of the molecule is O=C(O)c1cc(F)c2nc(N3CC4(C=C(c5c(-c6ccccc6C(F)(F)F)noc5C5CC5)C4)C3)sc2c1. The molecule has 1 spiro atoms. The summed E-state index contributed by atoms with van der Waals surface area (Å²) in [4.78, 5) is 17.6. The van der Waals surface area contributed by atoms with Gasteiger partial charge in [0.2, 0.25) is 0 Å². The van der Waals surface area contributed by atoms with E-state index in [1.54, 1.807) is 6.07 Å². The predicted octanol–water partition coefficient (Wildman–Crippen LogP) is 6.98. The van der Waals surface area contributed by atoms with E-state index >= 15 is 0 Å². The molecular formula is C27H19F4N3O3S. The number of anilines is 1. The summed E-state index contributed by atoms with van der Waals surface area (Å²) >= 11 is 1.24. The molecule has 4 aromatic rings. The van der Waals surface area contributed by atoms with E-state index < -0.39 is 23.5 Å². The van der Waals surface area contributed by atoms with E-state index in [4.69, 9.17) is 4.52 Å². The molecule has 2 aromatic carbocycles. The minimum absolute atomic E-state index is 0.0139. The molecule has 2 aliphatic carbocycles. The van der Waals surface area contributed by atoms with Gasteiger partial charge >= 0.3 is 12.1 Å². The summed E-state index contributed by atoms with van der Waals surface area (Å²) in [6, 6.07) is 7.82. The summed E-state index contributed by atoms with van der Waals surface area (Å²) < 4.78 is 61.8. The van der Waals surface area contributed by atoms with Crippen molar-refractivity contribution in [1.82, 2.24) is 10.1 Å². The van der Waals surface area contributed by atoms with Gasteiger partial charge < -0.3 is 14.5 Å². The number of halogens is 4. The van der Waals surface area contributed by atoms with Crippen molar-refractivity contribution >= 4 is 38.2 Å². The Labute approximate surface area is 217 Å². The molecule has 0 radical (unpaired) electrons. The number of carboxylic acids is 1. The van der Waals surface area contributed by atoms with E-state index in [0.717, 1.165) is 30.5 Å². The van der Waals surface area contributed by atoms with Crippen LogP contribution in [0.25, 0.3) is 27.0 Å². The van der Waals surface area contributed by atoms with Crippen LogP contribution in [0.2, 0.25) is 0 Å². The lowest BCUT2D eigenvalue weighted by atomic mass is 9.64. The molecule has 0 bridgehead atoms. The van der Waals surface area contributed by atoms with Crippen LogP contribution in [-0.4, -0.2) is 34.3 Å². The van der Waals surface area contributed by atoms with Crippen LogP contribution in [-0.2, 0) is 6.18 Å². The lowest BCUT2D eigenvalue weighted by Crippen LogP contribution is -2.58. The second kappa shape index (κ2) is 7.89. The molecule has 1 saturated heterocycles. The second-order valence-electron chi connectivity index (χ2n) is 10.3. The highest BCUT2D eigenvalue weighted by Gasteiger charge is 2.50. The molecule has 1 saturated carbocycles. The zero-order valence-electron chi connectivity index (χ0n) is 19.7. The van der Waals surface area contributed by atoms with E-state index in [1.807, 2.05) is 4.90 Å². The highest BCUT2D eigenvalue weighted by Crippen LogP contribution is 2.56. The van der Waals surface area contributed by atoms with Crippen molar-refractivity contribution in [3.8, 4) is 11.3 Å². The summed E-state index contributed by atoms with van der Waals surface area (Å²) in [6.07, 6.45) is 0.0866. The molecule has 0 atom stereocenters. The van der Waals surface area contributed by atoms with E-state index in [1.165, 1.54) is 29.5 Å². The van der Waals surface area contributed by atoms with Crippen LogP contribution < -0.4 is 4.90 Å². The van der Waals surface area contributed by atoms with Gasteiger partial charge in [-0.3, -0.25) is 0 Å². The number of fused-ring (bicyclic) bond motifs is 1. The topological polar surface area (TPSA) is 79.5 Å². The fourth-order valence-electron chi connectivity index (χ4n) is 5.53. The van der Waals surface area contributed by atoms with Gasteiger partial charge in [0.05, 0.1) is 15.8 Å². The van der Waals surface area contributed by atoms with E-state index in [9.17, 15) is 27.5 Å². The van der Waals surface area contributed by atoms with Gasteiger partial charge in [0.1, 0.15) is 17.0 Å². The summed E-state index contributed by atoms with van der Waals surface area (Å²) in [6.45, 7) is 1.25. The first kappa shape index (κ1) is 23.4. The molecule has 1 N–H and O–H groups in total. The quantitative estimate of drug-likeness (QED) is 0.275. The fraction of sp³-hybridized carbons (Fsp3) is 0.296. The van der Waals surface area contributed by atoms with Gasteiger partial charge in [0.25, 0.3) is 0 Å². The molecule has 0 amide bonds. The lowest BCUT2D eigenvalue weighted by Gasteiger charge is -2.54. The van der Waals surface area contributed by atoms with Gasteiger partial charge in [-0.25, -0.2) is 14.2 Å².